The Labute approximate surface area is 129 Å². The predicted molar refractivity (Wildman–Crippen MR) is 79.2 cm³/mol. The molecule has 0 aliphatic carbocycles. The second-order valence-corrected chi connectivity index (χ2v) is 4.84. The maximum atomic E-state index is 12.8. The summed E-state index contributed by atoms with van der Waals surface area (Å²) in [6.45, 7) is 3.65. The van der Waals surface area contributed by atoms with E-state index in [1.54, 1.807) is 0 Å². The van der Waals surface area contributed by atoms with Gasteiger partial charge in [0.15, 0.2) is 0 Å². The Morgan fingerprint density at radius 2 is 1.50 bits per heavy atom. The summed E-state index contributed by atoms with van der Waals surface area (Å²) in [6.07, 6.45) is -4.54. The van der Waals surface area contributed by atoms with E-state index in [1.165, 1.54) is 30.3 Å². The van der Waals surface area contributed by atoms with E-state index in [9.17, 15) is 17.6 Å². The highest BCUT2D eigenvalue weighted by Crippen LogP contribution is 2.36. The van der Waals surface area contributed by atoms with Crippen molar-refractivity contribution in [3.05, 3.63) is 71.3 Å². The SMILES string of the molecule is C=C(Nc1ccc(F)cc1)Nc1ccc(Cl)c(C(F)(F)F)c1. The molecule has 0 saturated heterocycles. The molecular formula is C15H11ClF4N2. The first-order valence-electron chi connectivity index (χ1n) is 6.11. The molecule has 0 radical (unpaired) electrons. The van der Waals surface area contributed by atoms with Gasteiger partial charge >= 0.3 is 6.18 Å². The molecule has 0 aromatic heterocycles. The molecule has 0 aliphatic rings. The van der Waals surface area contributed by atoms with Gasteiger partial charge in [-0.2, -0.15) is 13.2 Å². The highest BCUT2D eigenvalue weighted by Gasteiger charge is 2.33. The first-order valence-corrected chi connectivity index (χ1v) is 6.49. The molecular weight excluding hydrogens is 320 g/mol. The molecule has 7 heteroatoms. The maximum absolute atomic E-state index is 12.8. The molecule has 0 saturated carbocycles. The van der Waals surface area contributed by atoms with Crippen LogP contribution in [0, 0.1) is 5.82 Å². The minimum Gasteiger partial charge on any atom is -0.342 e. The first kappa shape index (κ1) is 16.2. The van der Waals surface area contributed by atoms with Crippen molar-refractivity contribution in [3.8, 4) is 0 Å². The first-order chi connectivity index (χ1) is 10.3. The lowest BCUT2D eigenvalue weighted by Gasteiger charge is -2.15. The van der Waals surface area contributed by atoms with Crippen LogP contribution in [0.4, 0.5) is 28.9 Å². The van der Waals surface area contributed by atoms with Gasteiger partial charge in [-0.05, 0) is 42.5 Å². The highest BCUT2D eigenvalue weighted by atomic mass is 35.5. The third kappa shape index (κ3) is 4.14. The normalized spacial score (nSPS) is 11.1. The van der Waals surface area contributed by atoms with E-state index in [4.69, 9.17) is 11.6 Å². The van der Waals surface area contributed by atoms with Crippen LogP contribution in [0.3, 0.4) is 0 Å². The zero-order valence-corrected chi connectivity index (χ0v) is 11.9. The number of hydrogen-bond donors (Lipinski definition) is 2. The summed E-state index contributed by atoms with van der Waals surface area (Å²) in [6, 6.07) is 8.89. The Morgan fingerprint density at radius 3 is 2.09 bits per heavy atom. The largest absolute Gasteiger partial charge is 0.417 e. The van der Waals surface area contributed by atoms with E-state index in [2.05, 4.69) is 17.2 Å². The van der Waals surface area contributed by atoms with Crippen LogP contribution in [-0.2, 0) is 6.18 Å². The summed E-state index contributed by atoms with van der Waals surface area (Å²) in [7, 11) is 0. The van der Waals surface area contributed by atoms with Gasteiger partial charge in [-0.3, -0.25) is 0 Å². The predicted octanol–water partition coefficient (Wildman–Crippen LogP) is 5.49. The fourth-order valence-electron chi connectivity index (χ4n) is 1.73. The molecule has 0 bridgehead atoms. The van der Waals surface area contributed by atoms with E-state index >= 15 is 0 Å². The van der Waals surface area contributed by atoms with Crippen LogP contribution in [-0.4, -0.2) is 0 Å². The molecule has 0 heterocycles. The van der Waals surface area contributed by atoms with Crippen LogP contribution in [0.25, 0.3) is 0 Å². The lowest BCUT2D eigenvalue weighted by atomic mass is 10.2. The lowest BCUT2D eigenvalue weighted by Crippen LogP contribution is -2.10. The number of nitrogens with one attached hydrogen (secondary N) is 2. The second kappa shape index (κ2) is 6.27. The van der Waals surface area contributed by atoms with Crippen LogP contribution in [0.15, 0.2) is 54.9 Å². The van der Waals surface area contributed by atoms with Gasteiger partial charge in [0, 0.05) is 11.4 Å². The summed E-state index contributed by atoms with van der Waals surface area (Å²) in [5, 5.41) is 5.11. The van der Waals surface area contributed by atoms with Crippen LogP contribution in [0.2, 0.25) is 5.02 Å². The third-order valence-electron chi connectivity index (χ3n) is 2.71. The minimum absolute atomic E-state index is 0.177. The molecule has 0 atom stereocenters. The van der Waals surface area contributed by atoms with Crippen molar-refractivity contribution in [1.29, 1.82) is 0 Å². The standard InChI is InChI=1S/C15H11ClF4N2/c1-9(21-11-4-2-10(17)3-5-11)22-12-6-7-14(16)13(8-12)15(18,19)20/h2-8,21-22H,1H2. The van der Waals surface area contributed by atoms with E-state index in [0.717, 1.165) is 12.1 Å². The average molecular weight is 331 g/mol. The monoisotopic (exact) mass is 330 g/mol. The van der Waals surface area contributed by atoms with Crippen molar-refractivity contribution in [1.82, 2.24) is 0 Å². The van der Waals surface area contributed by atoms with E-state index in [-0.39, 0.29) is 16.5 Å². The molecule has 0 spiro atoms. The van der Waals surface area contributed by atoms with E-state index < -0.39 is 17.6 Å². The van der Waals surface area contributed by atoms with Gasteiger partial charge in [0.1, 0.15) is 11.6 Å². The molecule has 2 aromatic carbocycles. The molecule has 0 aliphatic heterocycles. The molecule has 0 unspecified atom stereocenters. The molecule has 2 aromatic rings. The Kier molecular flexibility index (Phi) is 4.61. The van der Waals surface area contributed by atoms with Crippen molar-refractivity contribution in [2.75, 3.05) is 10.6 Å². The van der Waals surface area contributed by atoms with Crippen molar-refractivity contribution >= 4 is 23.0 Å². The Hall–Kier alpha value is -2.21. The number of halogens is 5. The van der Waals surface area contributed by atoms with Crippen molar-refractivity contribution in [3.63, 3.8) is 0 Å². The number of anilines is 2. The summed E-state index contributed by atoms with van der Waals surface area (Å²) in [4.78, 5) is 0. The molecule has 0 fully saturated rings. The lowest BCUT2D eigenvalue weighted by molar-refractivity contribution is -0.137. The second-order valence-electron chi connectivity index (χ2n) is 4.43. The van der Waals surface area contributed by atoms with Crippen LogP contribution < -0.4 is 10.6 Å². The summed E-state index contributed by atoms with van der Waals surface area (Å²) in [5.74, 6) is -0.154. The molecule has 2 N–H and O–H groups in total. The number of benzene rings is 2. The highest BCUT2D eigenvalue weighted by molar-refractivity contribution is 6.31. The fourth-order valence-corrected chi connectivity index (χ4v) is 1.96. The van der Waals surface area contributed by atoms with Gasteiger partial charge in [0.05, 0.1) is 10.6 Å². The van der Waals surface area contributed by atoms with Gasteiger partial charge in [0.2, 0.25) is 0 Å². The minimum atomic E-state index is -4.54. The van der Waals surface area contributed by atoms with Gasteiger partial charge in [-0.15, -0.1) is 0 Å². The number of hydrogen-bond acceptors (Lipinski definition) is 2. The summed E-state index contributed by atoms with van der Waals surface area (Å²) >= 11 is 5.54. The van der Waals surface area contributed by atoms with Crippen LogP contribution in [0.1, 0.15) is 5.56 Å². The zero-order valence-electron chi connectivity index (χ0n) is 11.1. The number of alkyl halides is 3. The topological polar surface area (TPSA) is 24.1 Å². The Bertz CT molecular complexity index is 681. The Morgan fingerprint density at radius 1 is 0.955 bits per heavy atom. The maximum Gasteiger partial charge on any atom is 0.417 e. The van der Waals surface area contributed by atoms with Gasteiger partial charge < -0.3 is 10.6 Å². The van der Waals surface area contributed by atoms with E-state index in [1.807, 2.05) is 0 Å². The molecule has 2 nitrogen and oxygen atoms in total. The van der Waals surface area contributed by atoms with Crippen LogP contribution >= 0.6 is 11.6 Å². The van der Waals surface area contributed by atoms with Crippen LogP contribution in [0.5, 0.6) is 0 Å². The summed E-state index contributed by atoms with van der Waals surface area (Å²) in [5.41, 5.74) is -0.214. The fraction of sp³-hybridized carbons (Fsp3) is 0.0667. The number of rotatable bonds is 4. The van der Waals surface area contributed by atoms with Crippen molar-refractivity contribution < 1.29 is 17.6 Å². The Balaban J connectivity index is 2.10. The molecule has 2 rings (SSSR count). The van der Waals surface area contributed by atoms with Gasteiger partial charge in [0.25, 0.3) is 0 Å². The quantitative estimate of drug-likeness (QED) is 0.724. The van der Waals surface area contributed by atoms with Gasteiger partial charge in [-0.1, -0.05) is 18.2 Å². The third-order valence-corrected chi connectivity index (χ3v) is 3.04. The van der Waals surface area contributed by atoms with E-state index in [0.29, 0.717) is 5.69 Å². The van der Waals surface area contributed by atoms with Crippen molar-refractivity contribution in [2.45, 2.75) is 6.18 Å². The molecule has 22 heavy (non-hydrogen) atoms. The van der Waals surface area contributed by atoms with Crippen molar-refractivity contribution in [2.24, 2.45) is 0 Å². The smallest absolute Gasteiger partial charge is 0.342 e. The zero-order chi connectivity index (χ0) is 16.3. The van der Waals surface area contributed by atoms with Gasteiger partial charge in [-0.25, -0.2) is 4.39 Å². The summed E-state index contributed by atoms with van der Waals surface area (Å²) < 4.78 is 51.1. The molecule has 0 amide bonds. The molecule has 116 valence electrons. The average Bonchev–Trinajstić information content (AvgIpc) is 2.42.